The molecule has 0 spiro atoms. The van der Waals surface area contributed by atoms with Gasteiger partial charge in [-0.15, -0.1) is 11.3 Å². The summed E-state index contributed by atoms with van der Waals surface area (Å²) in [5.74, 6) is 0.171. The average Bonchev–Trinajstić information content (AvgIpc) is 2.91. The van der Waals surface area contributed by atoms with Gasteiger partial charge in [0, 0.05) is 6.20 Å². The van der Waals surface area contributed by atoms with Crippen LogP contribution in [0.25, 0.3) is 0 Å². The Morgan fingerprint density at radius 3 is 2.71 bits per heavy atom. The first-order chi connectivity index (χ1) is 8.26. The van der Waals surface area contributed by atoms with Gasteiger partial charge in [0.05, 0.1) is 30.8 Å². The molecule has 2 rings (SSSR count). The normalized spacial score (nSPS) is 10.0. The van der Waals surface area contributed by atoms with E-state index in [2.05, 4.69) is 15.0 Å². The third-order valence-electron chi connectivity index (χ3n) is 1.99. The maximum absolute atomic E-state index is 12.0. The van der Waals surface area contributed by atoms with E-state index in [0.717, 1.165) is 0 Å². The number of rotatable bonds is 4. The number of carbonyl (C=O) groups excluding carboxylic acids is 1. The summed E-state index contributed by atoms with van der Waals surface area (Å²) in [6.45, 7) is 0. The SMILES string of the molecule is COc1cnc(C(=O)c2cncs2)c(OC)n1. The Morgan fingerprint density at radius 2 is 2.12 bits per heavy atom. The van der Waals surface area contributed by atoms with E-state index in [-0.39, 0.29) is 17.4 Å². The average molecular weight is 251 g/mol. The lowest BCUT2D eigenvalue weighted by molar-refractivity contribution is 0.103. The van der Waals surface area contributed by atoms with Crippen molar-refractivity contribution in [1.82, 2.24) is 15.0 Å². The van der Waals surface area contributed by atoms with Gasteiger partial charge < -0.3 is 9.47 Å². The van der Waals surface area contributed by atoms with Crippen LogP contribution >= 0.6 is 11.3 Å². The van der Waals surface area contributed by atoms with Gasteiger partial charge in [-0.05, 0) is 0 Å². The molecule has 0 radical (unpaired) electrons. The van der Waals surface area contributed by atoms with Crippen molar-refractivity contribution in [2.45, 2.75) is 0 Å². The maximum atomic E-state index is 12.0. The van der Waals surface area contributed by atoms with Crippen LogP contribution in [0.1, 0.15) is 15.4 Å². The molecule has 0 aromatic carbocycles. The number of thiazole rings is 1. The molecule has 0 amide bonds. The lowest BCUT2D eigenvalue weighted by atomic mass is 10.2. The molecule has 17 heavy (non-hydrogen) atoms. The van der Waals surface area contributed by atoms with Crippen LogP contribution < -0.4 is 9.47 Å². The summed E-state index contributed by atoms with van der Waals surface area (Å²) in [7, 11) is 2.89. The zero-order valence-electron chi connectivity index (χ0n) is 9.21. The van der Waals surface area contributed by atoms with Gasteiger partial charge >= 0.3 is 0 Å². The fraction of sp³-hybridized carbons (Fsp3) is 0.200. The third kappa shape index (κ3) is 2.23. The van der Waals surface area contributed by atoms with Crippen molar-refractivity contribution in [1.29, 1.82) is 0 Å². The molecule has 2 aromatic rings. The van der Waals surface area contributed by atoms with Gasteiger partial charge in [-0.25, -0.2) is 4.98 Å². The summed E-state index contributed by atoms with van der Waals surface area (Å²) >= 11 is 1.24. The molecule has 0 aliphatic carbocycles. The van der Waals surface area contributed by atoms with Crippen molar-refractivity contribution in [2.24, 2.45) is 0 Å². The topological polar surface area (TPSA) is 74.2 Å². The molecule has 0 aliphatic heterocycles. The first-order valence-corrected chi connectivity index (χ1v) is 5.52. The highest BCUT2D eigenvalue weighted by atomic mass is 32.1. The van der Waals surface area contributed by atoms with E-state index in [1.807, 2.05) is 0 Å². The molecule has 2 aromatic heterocycles. The standard InChI is InChI=1S/C10H9N3O3S/c1-15-7-4-12-8(10(13-7)16-2)9(14)6-3-11-5-17-6/h3-5H,1-2H3. The van der Waals surface area contributed by atoms with Crippen LogP contribution in [0.15, 0.2) is 17.9 Å². The molecule has 0 N–H and O–H groups in total. The molecule has 88 valence electrons. The fourth-order valence-corrected chi connectivity index (χ4v) is 1.76. The van der Waals surface area contributed by atoms with Crippen LogP contribution in [0.4, 0.5) is 0 Å². The summed E-state index contributed by atoms with van der Waals surface area (Å²) in [4.78, 5) is 24.4. The molecule has 0 atom stereocenters. The van der Waals surface area contributed by atoms with Gasteiger partial charge in [-0.3, -0.25) is 9.78 Å². The summed E-state index contributed by atoms with van der Waals surface area (Å²) in [5.41, 5.74) is 1.73. The van der Waals surface area contributed by atoms with E-state index < -0.39 is 0 Å². The number of hydrogen-bond donors (Lipinski definition) is 0. The monoisotopic (exact) mass is 251 g/mol. The summed E-state index contributed by atoms with van der Waals surface area (Å²) in [5, 5.41) is 0. The van der Waals surface area contributed by atoms with Crippen molar-refractivity contribution in [2.75, 3.05) is 14.2 Å². The number of ketones is 1. The predicted octanol–water partition coefficient (Wildman–Crippen LogP) is 1.18. The van der Waals surface area contributed by atoms with E-state index in [9.17, 15) is 4.79 Å². The lowest BCUT2D eigenvalue weighted by Crippen LogP contribution is -2.07. The Labute approximate surface area is 101 Å². The van der Waals surface area contributed by atoms with Gasteiger partial charge in [0.15, 0.2) is 5.69 Å². The fourth-order valence-electron chi connectivity index (χ4n) is 1.20. The minimum Gasteiger partial charge on any atom is -0.480 e. The Morgan fingerprint density at radius 1 is 1.29 bits per heavy atom. The molecule has 6 nitrogen and oxygen atoms in total. The Kier molecular flexibility index (Phi) is 3.29. The third-order valence-corrected chi connectivity index (χ3v) is 2.76. The zero-order valence-corrected chi connectivity index (χ0v) is 10.0. The highest BCUT2D eigenvalue weighted by Gasteiger charge is 2.19. The molecule has 0 aliphatic rings. The van der Waals surface area contributed by atoms with E-state index in [1.165, 1.54) is 38.0 Å². The number of hydrogen-bond acceptors (Lipinski definition) is 7. The minimum absolute atomic E-state index is 0.141. The quantitative estimate of drug-likeness (QED) is 0.760. The molecule has 0 saturated carbocycles. The van der Waals surface area contributed by atoms with Gasteiger partial charge in [0.25, 0.3) is 0 Å². The summed E-state index contributed by atoms with van der Waals surface area (Å²) in [6.07, 6.45) is 2.86. The van der Waals surface area contributed by atoms with Crippen LogP contribution in [0, 0.1) is 0 Å². The number of ether oxygens (including phenoxy) is 2. The minimum atomic E-state index is -0.264. The lowest BCUT2D eigenvalue weighted by Gasteiger charge is -2.05. The molecule has 0 unspecified atom stereocenters. The van der Waals surface area contributed by atoms with Crippen LogP contribution in [0.2, 0.25) is 0 Å². The largest absolute Gasteiger partial charge is 0.480 e. The van der Waals surface area contributed by atoms with E-state index in [4.69, 9.17) is 9.47 Å². The van der Waals surface area contributed by atoms with Crippen LogP contribution in [-0.2, 0) is 0 Å². The zero-order chi connectivity index (χ0) is 12.3. The number of methoxy groups -OCH3 is 2. The molecule has 0 saturated heterocycles. The maximum Gasteiger partial charge on any atom is 0.247 e. The van der Waals surface area contributed by atoms with E-state index in [1.54, 1.807) is 5.51 Å². The number of aromatic nitrogens is 3. The van der Waals surface area contributed by atoms with Crippen molar-refractivity contribution < 1.29 is 14.3 Å². The first-order valence-electron chi connectivity index (χ1n) is 4.64. The highest BCUT2D eigenvalue weighted by molar-refractivity contribution is 7.11. The Bertz CT molecular complexity index is 528. The van der Waals surface area contributed by atoms with E-state index in [0.29, 0.717) is 10.8 Å². The summed E-state index contributed by atoms with van der Waals surface area (Å²) < 4.78 is 9.92. The second kappa shape index (κ2) is 4.88. The van der Waals surface area contributed by atoms with Crippen molar-refractivity contribution in [3.8, 4) is 11.8 Å². The second-order valence-electron chi connectivity index (χ2n) is 2.97. The van der Waals surface area contributed by atoms with Gasteiger partial charge in [-0.1, -0.05) is 0 Å². The molecule has 2 heterocycles. The van der Waals surface area contributed by atoms with Gasteiger partial charge in [0.1, 0.15) is 0 Å². The van der Waals surface area contributed by atoms with Gasteiger partial charge in [0.2, 0.25) is 17.5 Å². The Hall–Kier alpha value is -2.02. The molecular formula is C10H9N3O3S. The molecule has 0 fully saturated rings. The predicted molar refractivity (Wildman–Crippen MR) is 60.7 cm³/mol. The molecule has 7 heteroatoms. The number of carbonyl (C=O) groups is 1. The van der Waals surface area contributed by atoms with Gasteiger partial charge in [-0.2, -0.15) is 4.98 Å². The van der Waals surface area contributed by atoms with Crippen LogP contribution in [0.3, 0.4) is 0 Å². The van der Waals surface area contributed by atoms with Crippen molar-refractivity contribution in [3.05, 3.63) is 28.5 Å². The highest BCUT2D eigenvalue weighted by Crippen LogP contribution is 2.21. The first kappa shape index (κ1) is 11.5. The smallest absolute Gasteiger partial charge is 0.247 e. The van der Waals surface area contributed by atoms with Crippen LogP contribution in [0.5, 0.6) is 11.8 Å². The Balaban J connectivity index is 2.41. The summed E-state index contributed by atoms with van der Waals surface area (Å²) in [6, 6.07) is 0. The number of nitrogens with zero attached hydrogens (tertiary/aromatic N) is 3. The van der Waals surface area contributed by atoms with Crippen molar-refractivity contribution in [3.63, 3.8) is 0 Å². The van der Waals surface area contributed by atoms with Crippen LogP contribution in [-0.4, -0.2) is 35.0 Å². The second-order valence-corrected chi connectivity index (χ2v) is 3.85. The molecular weight excluding hydrogens is 242 g/mol. The van der Waals surface area contributed by atoms with E-state index >= 15 is 0 Å². The van der Waals surface area contributed by atoms with Crippen molar-refractivity contribution >= 4 is 17.1 Å². The molecule has 0 bridgehead atoms.